The zero-order valence-electron chi connectivity index (χ0n) is 14.2. The standard InChI is InChI=1S/C19H23NO4/c1-4-8-16(15-9-6-5-7-10-15)20-18(21)14(3)24-19(22)17-13(2)11-12-23-17/h5-7,9-12,14,16H,4,8H2,1-3H3,(H,20,21)/t14-,16-/m1/s1. The van der Waals surface area contributed by atoms with Crippen LogP contribution in [-0.4, -0.2) is 18.0 Å². The molecule has 5 heteroatoms. The second-order valence-corrected chi connectivity index (χ2v) is 5.74. The molecule has 2 atom stereocenters. The monoisotopic (exact) mass is 329 g/mol. The van der Waals surface area contributed by atoms with Crippen LogP contribution in [0, 0.1) is 6.92 Å². The zero-order chi connectivity index (χ0) is 17.5. The molecule has 2 aromatic rings. The highest BCUT2D eigenvalue weighted by Gasteiger charge is 2.24. The molecule has 1 heterocycles. The lowest BCUT2D eigenvalue weighted by Crippen LogP contribution is -2.38. The maximum atomic E-state index is 12.4. The number of carbonyl (C=O) groups is 2. The summed E-state index contributed by atoms with van der Waals surface area (Å²) >= 11 is 0. The minimum absolute atomic E-state index is 0.102. The quantitative estimate of drug-likeness (QED) is 0.785. The topological polar surface area (TPSA) is 68.5 Å². The number of benzene rings is 1. The van der Waals surface area contributed by atoms with Crippen molar-refractivity contribution >= 4 is 11.9 Å². The molecule has 5 nitrogen and oxygen atoms in total. The van der Waals surface area contributed by atoms with Crippen molar-refractivity contribution in [2.75, 3.05) is 0 Å². The minimum Gasteiger partial charge on any atom is -0.457 e. The van der Waals surface area contributed by atoms with Crippen molar-refractivity contribution < 1.29 is 18.7 Å². The second kappa shape index (κ2) is 8.34. The van der Waals surface area contributed by atoms with E-state index in [1.54, 1.807) is 19.9 Å². The van der Waals surface area contributed by atoms with E-state index in [-0.39, 0.29) is 17.7 Å². The third-order valence-corrected chi connectivity index (χ3v) is 3.80. The van der Waals surface area contributed by atoms with Gasteiger partial charge in [-0.2, -0.15) is 0 Å². The molecule has 0 aliphatic heterocycles. The molecule has 0 fully saturated rings. The van der Waals surface area contributed by atoms with Crippen LogP contribution in [0.1, 0.15) is 54.4 Å². The van der Waals surface area contributed by atoms with E-state index in [1.807, 2.05) is 30.3 Å². The van der Waals surface area contributed by atoms with Gasteiger partial charge in [0.1, 0.15) is 0 Å². The summed E-state index contributed by atoms with van der Waals surface area (Å²) in [4.78, 5) is 24.4. The SMILES string of the molecule is CCC[C@@H](NC(=O)[C@@H](C)OC(=O)c1occc1C)c1ccccc1. The fourth-order valence-corrected chi connectivity index (χ4v) is 2.43. The van der Waals surface area contributed by atoms with Crippen molar-refractivity contribution in [3.05, 3.63) is 59.5 Å². The van der Waals surface area contributed by atoms with E-state index in [9.17, 15) is 9.59 Å². The van der Waals surface area contributed by atoms with E-state index < -0.39 is 12.1 Å². The Balaban J connectivity index is 1.99. The summed E-state index contributed by atoms with van der Waals surface area (Å²) < 4.78 is 10.3. The van der Waals surface area contributed by atoms with Crippen LogP contribution in [0.4, 0.5) is 0 Å². The van der Waals surface area contributed by atoms with Gasteiger partial charge < -0.3 is 14.5 Å². The lowest BCUT2D eigenvalue weighted by Gasteiger charge is -2.21. The van der Waals surface area contributed by atoms with Crippen molar-refractivity contribution in [1.82, 2.24) is 5.32 Å². The van der Waals surface area contributed by atoms with Crippen LogP contribution in [0.2, 0.25) is 0 Å². The maximum Gasteiger partial charge on any atom is 0.375 e. The molecular weight excluding hydrogens is 306 g/mol. The van der Waals surface area contributed by atoms with Gasteiger partial charge in [-0.05, 0) is 31.9 Å². The van der Waals surface area contributed by atoms with Gasteiger partial charge in [-0.1, -0.05) is 43.7 Å². The summed E-state index contributed by atoms with van der Waals surface area (Å²) in [5.74, 6) is -0.829. The number of hydrogen-bond acceptors (Lipinski definition) is 4. The number of hydrogen-bond donors (Lipinski definition) is 1. The largest absolute Gasteiger partial charge is 0.457 e. The average Bonchev–Trinajstić information content (AvgIpc) is 3.01. The highest BCUT2D eigenvalue weighted by molar-refractivity contribution is 5.91. The Kier molecular flexibility index (Phi) is 6.18. The summed E-state index contributed by atoms with van der Waals surface area (Å²) in [6.45, 7) is 5.36. The van der Waals surface area contributed by atoms with Gasteiger partial charge in [0.05, 0.1) is 12.3 Å². The Morgan fingerprint density at radius 2 is 1.92 bits per heavy atom. The van der Waals surface area contributed by atoms with E-state index in [2.05, 4.69) is 12.2 Å². The number of aryl methyl sites for hydroxylation is 1. The fourth-order valence-electron chi connectivity index (χ4n) is 2.43. The molecule has 1 aromatic carbocycles. The number of amides is 1. The molecule has 128 valence electrons. The van der Waals surface area contributed by atoms with E-state index in [0.717, 1.165) is 18.4 Å². The average molecular weight is 329 g/mol. The molecule has 0 aliphatic carbocycles. The number of carbonyl (C=O) groups excluding carboxylic acids is 2. The molecule has 0 saturated heterocycles. The van der Waals surface area contributed by atoms with Crippen LogP contribution in [0.15, 0.2) is 47.1 Å². The number of nitrogens with one attached hydrogen (secondary N) is 1. The van der Waals surface area contributed by atoms with Crippen LogP contribution in [0.3, 0.4) is 0 Å². The molecule has 0 aliphatic rings. The highest BCUT2D eigenvalue weighted by atomic mass is 16.6. The van der Waals surface area contributed by atoms with Crippen LogP contribution in [-0.2, 0) is 9.53 Å². The molecule has 24 heavy (non-hydrogen) atoms. The van der Waals surface area contributed by atoms with Gasteiger partial charge in [0.25, 0.3) is 5.91 Å². The Bertz CT molecular complexity index is 678. The summed E-state index contributed by atoms with van der Waals surface area (Å²) in [5.41, 5.74) is 1.72. The number of esters is 1. The smallest absolute Gasteiger partial charge is 0.375 e. The number of ether oxygens (including phenoxy) is 1. The summed E-state index contributed by atoms with van der Waals surface area (Å²) in [7, 11) is 0. The van der Waals surface area contributed by atoms with Gasteiger partial charge in [-0.25, -0.2) is 4.79 Å². The van der Waals surface area contributed by atoms with Gasteiger partial charge in [0, 0.05) is 5.56 Å². The normalized spacial score (nSPS) is 13.1. The van der Waals surface area contributed by atoms with E-state index in [0.29, 0.717) is 5.56 Å². The van der Waals surface area contributed by atoms with Gasteiger partial charge >= 0.3 is 5.97 Å². The third-order valence-electron chi connectivity index (χ3n) is 3.80. The molecule has 0 spiro atoms. The lowest BCUT2D eigenvalue weighted by molar-refractivity contribution is -0.130. The van der Waals surface area contributed by atoms with E-state index >= 15 is 0 Å². The minimum atomic E-state index is -0.898. The van der Waals surface area contributed by atoms with Crippen LogP contribution >= 0.6 is 0 Å². The van der Waals surface area contributed by atoms with Gasteiger partial charge in [-0.3, -0.25) is 4.79 Å². The van der Waals surface area contributed by atoms with Crippen LogP contribution in [0.25, 0.3) is 0 Å². The fraction of sp³-hybridized carbons (Fsp3) is 0.368. The Labute approximate surface area is 142 Å². The van der Waals surface area contributed by atoms with E-state index in [1.165, 1.54) is 6.26 Å². The first-order chi connectivity index (χ1) is 11.5. The van der Waals surface area contributed by atoms with Crippen LogP contribution < -0.4 is 5.32 Å². The molecule has 0 radical (unpaired) electrons. The first kappa shape index (κ1) is 17.8. The molecule has 0 unspecified atom stereocenters. The number of furan rings is 1. The molecule has 1 amide bonds. The number of rotatable bonds is 7. The van der Waals surface area contributed by atoms with Gasteiger partial charge in [-0.15, -0.1) is 0 Å². The van der Waals surface area contributed by atoms with E-state index in [4.69, 9.17) is 9.15 Å². The van der Waals surface area contributed by atoms with Gasteiger partial charge in [0.2, 0.25) is 5.76 Å². The molecule has 1 N–H and O–H groups in total. The predicted molar refractivity (Wildman–Crippen MR) is 90.6 cm³/mol. The summed E-state index contributed by atoms with van der Waals surface area (Å²) in [5, 5.41) is 2.95. The first-order valence-electron chi connectivity index (χ1n) is 8.13. The maximum absolute atomic E-state index is 12.4. The molecule has 2 rings (SSSR count). The van der Waals surface area contributed by atoms with Crippen molar-refractivity contribution in [3.63, 3.8) is 0 Å². The molecular formula is C19H23NO4. The lowest BCUT2D eigenvalue weighted by atomic mass is 10.0. The second-order valence-electron chi connectivity index (χ2n) is 5.74. The van der Waals surface area contributed by atoms with Crippen molar-refractivity contribution in [2.45, 2.75) is 45.8 Å². The Morgan fingerprint density at radius 3 is 2.50 bits per heavy atom. The van der Waals surface area contributed by atoms with Crippen molar-refractivity contribution in [2.24, 2.45) is 0 Å². The predicted octanol–water partition coefficient (Wildman–Crippen LogP) is 3.79. The van der Waals surface area contributed by atoms with Crippen molar-refractivity contribution in [3.8, 4) is 0 Å². The van der Waals surface area contributed by atoms with Gasteiger partial charge in [0.15, 0.2) is 6.10 Å². The summed E-state index contributed by atoms with van der Waals surface area (Å²) in [6, 6.07) is 11.3. The van der Waals surface area contributed by atoms with Crippen LogP contribution in [0.5, 0.6) is 0 Å². The summed E-state index contributed by atoms with van der Waals surface area (Å²) in [6.07, 6.45) is 2.27. The molecule has 1 aromatic heterocycles. The molecule has 0 bridgehead atoms. The van der Waals surface area contributed by atoms with Crippen molar-refractivity contribution in [1.29, 1.82) is 0 Å². The molecule has 0 saturated carbocycles. The zero-order valence-corrected chi connectivity index (χ0v) is 14.2. The Hall–Kier alpha value is -2.56. The highest BCUT2D eigenvalue weighted by Crippen LogP contribution is 2.19. The first-order valence-corrected chi connectivity index (χ1v) is 8.13. The third kappa shape index (κ3) is 4.47. The Morgan fingerprint density at radius 1 is 1.21 bits per heavy atom.